The molecule has 0 radical (unpaired) electrons. The molecule has 2 N–H and O–H groups in total. The van der Waals surface area contributed by atoms with Gasteiger partial charge >= 0.3 is 11.9 Å². The molecule has 66 heavy (non-hydrogen) atoms. The lowest BCUT2D eigenvalue weighted by atomic mass is 9.93. The van der Waals surface area contributed by atoms with E-state index in [4.69, 9.17) is 9.47 Å². The molecule has 1 aromatic heterocycles. The van der Waals surface area contributed by atoms with Gasteiger partial charge in [-0.15, -0.1) is 0 Å². The van der Waals surface area contributed by atoms with Crippen LogP contribution in [0.4, 0.5) is 10.1 Å². The first-order chi connectivity index (χ1) is 31.3. The predicted octanol–water partition coefficient (Wildman–Crippen LogP) is 9.04. The number of esters is 2. The third-order valence-corrected chi connectivity index (χ3v) is 11.9. The number of nitrogens with one attached hydrogen (secondary N) is 2. The Morgan fingerprint density at radius 2 is 1.18 bits per heavy atom. The molecule has 0 aliphatic carbocycles. The second kappa shape index (κ2) is 19.9. The largest absolute Gasteiger partial charge is 0.460 e. The summed E-state index contributed by atoms with van der Waals surface area (Å²) in [5, 5.41) is 3.23. The smallest absolute Gasteiger partial charge is 0.307 e. The molecule has 0 spiro atoms. The number of anilines is 1. The average Bonchev–Trinajstić information content (AvgIpc) is 4.04. The van der Waals surface area contributed by atoms with Gasteiger partial charge in [0.1, 0.15) is 17.2 Å². The molecule has 4 aromatic carbocycles. The summed E-state index contributed by atoms with van der Waals surface area (Å²) in [4.78, 5) is 88.0. The van der Waals surface area contributed by atoms with E-state index < -0.39 is 52.9 Å². The zero-order valence-corrected chi connectivity index (χ0v) is 38.5. The van der Waals surface area contributed by atoms with Crippen LogP contribution in [-0.2, 0) is 44.7 Å². The minimum atomic E-state index is -0.818. The van der Waals surface area contributed by atoms with E-state index in [1.807, 2.05) is 24.3 Å². The van der Waals surface area contributed by atoms with E-state index in [-0.39, 0.29) is 48.5 Å². The Bertz CT molecular complexity index is 2580. The number of halogens is 1. The Hall–Kier alpha value is -6.63. The number of benzene rings is 4. The van der Waals surface area contributed by atoms with Gasteiger partial charge in [0, 0.05) is 41.7 Å². The van der Waals surface area contributed by atoms with Crippen LogP contribution in [0.5, 0.6) is 0 Å². The van der Waals surface area contributed by atoms with Crippen molar-refractivity contribution in [3.63, 3.8) is 0 Å². The quantitative estimate of drug-likeness (QED) is 0.105. The Balaban J connectivity index is 1.01. The zero-order valence-electron chi connectivity index (χ0n) is 38.5. The molecule has 3 amide bonds. The highest BCUT2D eigenvalue weighted by atomic mass is 19.1. The van der Waals surface area contributed by atoms with Crippen LogP contribution in [0, 0.1) is 5.82 Å². The Morgan fingerprint density at radius 3 is 1.70 bits per heavy atom. The van der Waals surface area contributed by atoms with E-state index in [0.717, 1.165) is 0 Å². The number of hydrogen-bond acceptors (Lipinski definition) is 8. The maximum Gasteiger partial charge on any atom is 0.307 e. The number of nitrogens with zero attached hydrogens (tertiary/aromatic N) is 2. The summed E-state index contributed by atoms with van der Waals surface area (Å²) in [6, 6.07) is 28.5. The summed E-state index contributed by atoms with van der Waals surface area (Å²) in [5.74, 6) is -4.27. The van der Waals surface area contributed by atoms with E-state index in [1.54, 1.807) is 130 Å². The monoisotopic (exact) mass is 898 g/mol. The van der Waals surface area contributed by atoms with Crippen molar-refractivity contribution in [1.29, 1.82) is 0 Å². The van der Waals surface area contributed by atoms with Gasteiger partial charge < -0.3 is 29.6 Å². The first-order valence-corrected chi connectivity index (χ1v) is 22.7. The Kier molecular flexibility index (Phi) is 14.2. The number of ether oxygens (including phenoxy) is 2. The fraction of sp³-hybridized carbons (Fsp3) is 0.396. The molecule has 346 valence electrons. The van der Waals surface area contributed by atoms with Crippen molar-refractivity contribution in [2.45, 2.75) is 122 Å². The highest BCUT2D eigenvalue weighted by Gasteiger charge is 2.40. The van der Waals surface area contributed by atoms with Gasteiger partial charge in [-0.25, -0.2) is 4.39 Å². The van der Waals surface area contributed by atoms with Crippen molar-refractivity contribution in [1.82, 2.24) is 14.8 Å². The topological polar surface area (TPSA) is 155 Å². The molecule has 4 atom stereocenters. The standard InChI is InChI=1S/C53H59FN4O8/c1-52(2,3)65-45(60)31-38(34-15-9-7-10-16-34)50(63)57-27-13-19-42(57)44(59)30-33-21-26-41-40(29-33)47(54)48(56-41)36-22-24-37(25-23-36)55-49(62)43-20-14-28-58(43)51(64)39(35-17-11-8-12-18-35)32-46(61)66-53(4,5)6/h7-12,15-18,21-26,29,38-39,42-43,56H,13-14,19-20,27-28,30-32H2,1-6H3,(H,55,62)/t38-,39+,42+,43+/m1/s1. The molecule has 2 aliphatic heterocycles. The van der Waals surface area contributed by atoms with Crippen molar-refractivity contribution in [3.05, 3.63) is 126 Å². The molecule has 5 aromatic rings. The van der Waals surface area contributed by atoms with Crippen molar-refractivity contribution in [3.8, 4) is 11.3 Å². The first-order valence-electron chi connectivity index (χ1n) is 22.7. The molecule has 0 saturated carbocycles. The van der Waals surface area contributed by atoms with Crippen LogP contribution in [0.25, 0.3) is 22.2 Å². The number of H-pyrrole nitrogens is 1. The lowest BCUT2D eigenvalue weighted by Gasteiger charge is -2.29. The maximum absolute atomic E-state index is 16.2. The number of ketones is 1. The zero-order chi connectivity index (χ0) is 47.3. The highest BCUT2D eigenvalue weighted by Crippen LogP contribution is 2.34. The van der Waals surface area contributed by atoms with Gasteiger partial charge in [0.2, 0.25) is 17.7 Å². The summed E-state index contributed by atoms with van der Waals surface area (Å²) in [7, 11) is 0. The van der Waals surface area contributed by atoms with Crippen molar-refractivity contribution < 1.29 is 42.6 Å². The fourth-order valence-electron chi connectivity index (χ4n) is 9.01. The van der Waals surface area contributed by atoms with E-state index >= 15 is 4.39 Å². The maximum atomic E-state index is 16.2. The van der Waals surface area contributed by atoms with E-state index in [1.165, 1.54) is 0 Å². The lowest BCUT2D eigenvalue weighted by molar-refractivity contribution is -0.158. The second-order valence-electron chi connectivity index (χ2n) is 19.3. The molecule has 2 fully saturated rings. The van der Waals surface area contributed by atoms with Gasteiger partial charge in [0.05, 0.1) is 36.4 Å². The number of fused-ring (bicyclic) bond motifs is 1. The highest BCUT2D eigenvalue weighted by molar-refractivity contribution is 6.00. The van der Waals surface area contributed by atoms with Crippen molar-refractivity contribution in [2.75, 3.05) is 18.4 Å². The fourth-order valence-corrected chi connectivity index (χ4v) is 9.01. The SMILES string of the molecule is CC(C)(C)OC(=O)C[C@H](C(=O)N1CCC[C@H]1C(=O)Nc1ccc(-c2[nH]c3ccc(CC(=O)[C@@H]4CCCN4C(=O)[C@H](CC(=O)OC(C)(C)C)c4ccccc4)cc3c2F)cc1)c1ccccc1. The third-order valence-electron chi connectivity index (χ3n) is 11.9. The summed E-state index contributed by atoms with van der Waals surface area (Å²) in [5.41, 5.74) is 2.27. The van der Waals surface area contributed by atoms with E-state index in [2.05, 4.69) is 10.3 Å². The van der Waals surface area contributed by atoms with Crippen LogP contribution >= 0.6 is 0 Å². The van der Waals surface area contributed by atoms with Crippen LogP contribution < -0.4 is 5.32 Å². The van der Waals surface area contributed by atoms with Gasteiger partial charge in [-0.05, 0) is 108 Å². The molecule has 0 unspecified atom stereocenters. The first kappa shape index (κ1) is 47.3. The minimum absolute atomic E-state index is 0.0124. The molecular weight excluding hydrogens is 840 g/mol. The molecule has 2 saturated heterocycles. The van der Waals surface area contributed by atoms with Crippen LogP contribution in [0.15, 0.2) is 103 Å². The van der Waals surface area contributed by atoms with Crippen molar-refractivity contribution >= 4 is 52.0 Å². The van der Waals surface area contributed by atoms with Gasteiger partial charge in [-0.1, -0.05) is 78.9 Å². The molecule has 13 heteroatoms. The minimum Gasteiger partial charge on any atom is -0.460 e. The number of rotatable bonds is 14. The number of Topliss-reactive ketones (excluding diaryl/α,β-unsaturated/α-hetero) is 1. The number of aromatic nitrogens is 1. The van der Waals surface area contributed by atoms with Crippen LogP contribution in [-0.4, -0.2) is 86.6 Å². The van der Waals surface area contributed by atoms with Gasteiger partial charge in [0.15, 0.2) is 11.6 Å². The Morgan fingerprint density at radius 1 is 0.682 bits per heavy atom. The molecule has 3 heterocycles. The summed E-state index contributed by atoms with van der Waals surface area (Å²) in [6.45, 7) is 11.4. The van der Waals surface area contributed by atoms with Crippen LogP contribution in [0.3, 0.4) is 0 Å². The Labute approximate surface area is 385 Å². The molecule has 2 aliphatic rings. The number of likely N-dealkylation sites (tertiary alicyclic amines) is 2. The molecule has 0 bridgehead atoms. The molecular formula is C53H59FN4O8. The lowest BCUT2D eigenvalue weighted by Crippen LogP contribution is -2.45. The van der Waals surface area contributed by atoms with Gasteiger partial charge in [-0.3, -0.25) is 28.8 Å². The van der Waals surface area contributed by atoms with E-state index in [0.29, 0.717) is 77.6 Å². The van der Waals surface area contributed by atoms with Gasteiger partial charge in [-0.2, -0.15) is 0 Å². The molecule has 7 rings (SSSR count). The van der Waals surface area contributed by atoms with Crippen LogP contribution in [0.1, 0.15) is 109 Å². The normalized spacial score (nSPS) is 17.3. The number of carbonyl (C=O) groups is 6. The van der Waals surface area contributed by atoms with Crippen molar-refractivity contribution in [2.24, 2.45) is 0 Å². The number of aromatic amines is 1. The van der Waals surface area contributed by atoms with E-state index in [9.17, 15) is 28.8 Å². The summed E-state index contributed by atoms with van der Waals surface area (Å²) >= 11 is 0. The third kappa shape index (κ3) is 11.4. The number of carbonyl (C=O) groups excluding carboxylic acids is 6. The summed E-state index contributed by atoms with van der Waals surface area (Å²) < 4.78 is 27.3. The van der Waals surface area contributed by atoms with Crippen LogP contribution in [0.2, 0.25) is 0 Å². The average molecular weight is 899 g/mol. The second-order valence-corrected chi connectivity index (χ2v) is 19.3. The van der Waals surface area contributed by atoms with Gasteiger partial charge in [0.25, 0.3) is 0 Å². The number of hydrogen-bond donors (Lipinski definition) is 2. The summed E-state index contributed by atoms with van der Waals surface area (Å²) in [6.07, 6.45) is 1.88. The number of amides is 3. The molecule has 12 nitrogen and oxygen atoms in total. The predicted molar refractivity (Wildman–Crippen MR) is 250 cm³/mol.